The molecule has 0 N–H and O–H groups in total. The first-order valence-electron chi connectivity index (χ1n) is 12.1. The van der Waals surface area contributed by atoms with Crippen molar-refractivity contribution < 1.29 is 27.0 Å². The average molecular weight is 626 g/mol. The monoisotopic (exact) mass is 625 g/mol. The fourth-order valence-electron chi connectivity index (χ4n) is 4.04. The lowest BCUT2D eigenvalue weighted by Crippen LogP contribution is -2.20. The maximum atomic E-state index is 13.4. The van der Waals surface area contributed by atoms with Gasteiger partial charge in [0.25, 0.3) is 5.56 Å². The Morgan fingerprint density at radius 1 is 0.976 bits per heavy atom. The highest BCUT2D eigenvalue weighted by atomic mass is 79.9. The minimum absolute atomic E-state index is 0.0570. The molecule has 0 amide bonds. The van der Waals surface area contributed by atoms with E-state index in [9.17, 15) is 22.4 Å². The Bertz CT molecular complexity index is 1820. The number of benzene rings is 4. The number of rotatable bonds is 7. The van der Waals surface area contributed by atoms with Crippen molar-refractivity contribution in [1.82, 2.24) is 9.66 Å². The van der Waals surface area contributed by atoms with E-state index < -0.39 is 17.3 Å². The molecule has 0 bridgehead atoms. The van der Waals surface area contributed by atoms with Crippen molar-refractivity contribution in [3.05, 3.63) is 122 Å². The lowest BCUT2D eigenvalue weighted by molar-refractivity contribution is -0.137. The van der Waals surface area contributed by atoms with Crippen LogP contribution in [0.2, 0.25) is 0 Å². The normalized spacial score (nSPS) is 11.8. The molecule has 0 unspecified atom stereocenters. The number of hydrogen-bond donors (Lipinski definition) is 0. The van der Waals surface area contributed by atoms with Crippen LogP contribution in [0.3, 0.4) is 0 Å². The minimum Gasteiger partial charge on any atom is -0.493 e. The molecule has 1 aromatic heterocycles. The third kappa shape index (κ3) is 6.14. The van der Waals surface area contributed by atoms with E-state index in [2.05, 4.69) is 26.0 Å². The van der Waals surface area contributed by atoms with Crippen LogP contribution in [0.5, 0.6) is 11.5 Å². The van der Waals surface area contributed by atoms with Gasteiger partial charge in [-0.15, -0.1) is 0 Å². The molecule has 0 atom stereocenters. The number of nitrogens with zero attached hydrogens (tertiary/aromatic N) is 3. The van der Waals surface area contributed by atoms with Gasteiger partial charge in [0.05, 0.1) is 29.8 Å². The topological polar surface area (TPSA) is 65.7 Å². The van der Waals surface area contributed by atoms with Gasteiger partial charge in [-0.05, 0) is 70.0 Å². The summed E-state index contributed by atoms with van der Waals surface area (Å²) in [5.41, 5.74) is 0.202. The molecule has 0 aliphatic heterocycles. The summed E-state index contributed by atoms with van der Waals surface area (Å²) < 4.78 is 66.4. The van der Waals surface area contributed by atoms with Gasteiger partial charge in [0, 0.05) is 15.6 Å². The van der Waals surface area contributed by atoms with Gasteiger partial charge in [0.1, 0.15) is 12.4 Å². The Hall–Kier alpha value is -4.51. The molecule has 0 saturated carbocycles. The van der Waals surface area contributed by atoms with Crippen LogP contribution in [0.15, 0.2) is 99.3 Å². The van der Waals surface area contributed by atoms with Crippen LogP contribution in [0.25, 0.3) is 22.3 Å². The number of fused-ring (bicyclic) bond motifs is 1. The zero-order valence-corrected chi connectivity index (χ0v) is 22.9. The number of aromatic nitrogens is 2. The van der Waals surface area contributed by atoms with E-state index in [4.69, 9.17) is 9.47 Å². The Labute approximate surface area is 239 Å². The molecule has 0 aliphatic carbocycles. The first kappa shape index (κ1) is 28.0. The number of halogens is 5. The lowest BCUT2D eigenvalue weighted by Gasteiger charge is -2.13. The number of alkyl halides is 3. The zero-order valence-electron chi connectivity index (χ0n) is 21.3. The SMILES string of the molecule is COc1cc(C=Nn2c(-c3cccc(C(F)(F)F)c3)nc3ccccc3c2=O)c(Br)cc1OCc1ccc(F)cc1. The molecule has 1 heterocycles. The second-order valence-electron chi connectivity index (χ2n) is 8.83. The maximum Gasteiger partial charge on any atom is 0.416 e. The Kier molecular flexibility index (Phi) is 7.89. The van der Waals surface area contributed by atoms with Gasteiger partial charge < -0.3 is 9.47 Å². The van der Waals surface area contributed by atoms with E-state index in [-0.39, 0.29) is 29.2 Å². The van der Waals surface area contributed by atoms with Crippen LogP contribution in [0, 0.1) is 5.82 Å². The predicted octanol–water partition coefficient (Wildman–Crippen LogP) is 7.45. The number of para-hydroxylation sites is 1. The van der Waals surface area contributed by atoms with Crippen molar-refractivity contribution >= 4 is 33.0 Å². The van der Waals surface area contributed by atoms with Crippen molar-refractivity contribution in [2.75, 3.05) is 7.11 Å². The first-order valence-corrected chi connectivity index (χ1v) is 12.9. The molecule has 0 spiro atoms. The van der Waals surface area contributed by atoms with Crippen LogP contribution in [0.4, 0.5) is 17.6 Å². The van der Waals surface area contributed by atoms with Gasteiger partial charge >= 0.3 is 6.18 Å². The number of ether oxygens (including phenoxy) is 2. The van der Waals surface area contributed by atoms with E-state index in [1.165, 1.54) is 37.6 Å². The smallest absolute Gasteiger partial charge is 0.416 e. The Balaban J connectivity index is 1.55. The molecule has 0 radical (unpaired) electrons. The zero-order chi connectivity index (χ0) is 29.1. The lowest BCUT2D eigenvalue weighted by atomic mass is 10.1. The first-order chi connectivity index (χ1) is 19.6. The van der Waals surface area contributed by atoms with Crippen molar-refractivity contribution in [2.45, 2.75) is 12.8 Å². The maximum absolute atomic E-state index is 13.4. The Morgan fingerprint density at radius 3 is 2.46 bits per heavy atom. The van der Waals surface area contributed by atoms with Crippen LogP contribution in [0.1, 0.15) is 16.7 Å². The highest BCUT2D eigenvalue weighted by molar-refractivity contribution is 9.10. The van der Waals surface area contributed by atoms with E-state index in [1.54, 1.807) is 48.5 Å². The summed E-state index contributed by atoms with van der Waals surface area (Å²) in [4.78, 5) is 17.9. The number of methoxy groups -OCH3 is 1. The molecule has 0 saturated heterocycles. The van der Waals surface area contributed by atoms with Crippen molar-refractivity contribution in [3.8, 4) is 22.9 Å². The molecule has 5 aromatic rings. The van der Waals surface area contributed by atoms with Gasteiger partial charge in [-0.2, -0.15) is 22.9 Å². The molecule has 0 aliphatic rings. The standard InChI is InChI=1S/C30H20BrF4N3O3/c1-40-26-14-20(24(31)15-27(26)41-17-18-9-11-22(32)12-10-18)16-36-38-28(19-5-4-6-21(13-19)30(33,34)35)37-25-8-3-2-7-23(25)29(38)39/h2-16H,17H2,1H3. The van der Waals surface area contributed by atoms with Crippen molar-refractivity contribution in [2.24, 2.45) is 5.10 Å². The quantitative estimate of drug-likeness (QED) is 0.139. The highest BCUT2D eigenvalue weighted by Crippen LogP contribution is 2.34. The summed E-state index contributed by atoms with van der Waals surface area (Å²) >= 11 is 3.47. The van der Waals surface area contributed by atoms with Crippen LogP contribution >= 0.6 is 15.9 Å². The van der Waals surface area contributed by atoms with Gasteiger partial charge in [0.2, 0.25) is 0 Å². The van der Waals surface area contributed by atoms with E-state index >= 15 is 0 Å². The van der Waals surface area contributed by atoms with E-state index in [0.29, 0.717) is 27.1 Å². The third-order valence-corrected chi connectivity index (χ3v) is 6.79. The molecule has 5 rings (SSSR count). The summed E-state index contributed by atoms with van der Waals surface area (Å²) in [6, 6.07) is 20.2. The summed E-state index contributed by atoms with van der Waals surface area (Å²) in [6.07, 6.45) is -3.21. The third-order valence-electron chi connectivity index (χ3n) is 6.10. The molecule has 11 heteroatoms. The molecule has 208 valence electrons. The highest BCUT2D eigenvalue weighted by Gasteiger charge is 2.31. The molecule has 4 aromatic carbocycles. The summed E-state index contributed by atoms with van der Waals surface area (Å²) in [7, 11) is 1.46. The van der Waals surface area contributed by atoms with E-state index in [0.717, 1.165) is 22.4 Å². The molecule has 6 nitrogen and oxygen atoms in total. The largest absolute Gasteiger partial charge is 0.493 e. The van der Waals surface area contributed by atoms with Gasteiger partial charge in [0.15, 0.2) is 17.3 Å². The van der Waals surface area contributed by atoms with Crippen molar-refractivity contribution in [1.29, 1.82) is 0 Å². The van der Waals surface area contributed by atoms with Gasteiger partial charge in [-0.3, -0.25) is 4.79 Å². The number of hydrogen-bond acceptors (Lipinski definition) is 5. The van der Waals surface area contributed by atoms with Crippen LogP contribution in [-0.2, 0) is 12.8 Å². The summed E-state index contributed by atoms with van der Waals surface area (Å²) in [5.74, 6) is 0.349. The average Bonchev–Trinajstić information content (AvgIpc) is 2.96. The second kappa shape index (κ2) is 11.5. The van der Waals surface area contributed by atoms with Gasteiger partial charge in [-0.25, -0.2) is 9.37 Å². The van der Waals surface area contributed by atoms with E-state index in [1.807, 2.05) is 0 Å². The van der Waals surface area contributed by atoms with Crippen LogP contribution in [-0.4, -0.2) is 23.0 Å². The Morgan fingerprint density at radius 2 is 1.73 bits per heavy atom. The van der Waals surface area contributed by atoms with Crippen LogP contribution < -0.4 is 15.0 Å². The molecule has 41 heavy (non-hydrogen) atoms. The second-order valence-corrected chi connectivity index (χ2v) is 9.69. The minimum atomic E-state index is -4.58. The molecule has 0 fully saturated rings. The molecular weight excluding hydrogens is 606 g/mol. The van der Waals surface area contributed by atoms with Crippen molar-refractivity contribution in [3.63, 3.8) is 0 Å². The fraction of sp³-hybridized carbons (Fsp3) is 0.100. The summed E-state index contributed by atoms with van der Waals surface area (Å²) in [6.45, 7) is 0.162. The predicted molar refractivity (Wildman–Crippen MR) is 151 cm³/mol. The fourth-order valence-corrected chi connectivity index (χ4v) is 4.46. The van der Waals surface area contributed by atoms with Gasteiger partial charge in [-0.1, -0.05) is 36.4 Å². The molecular formula is C30H20BrF4N3O3. The summed E-state index contributed by atoms with van der Waals surface area (Å²) in [5, 5.41) is 4.59.